The average Bonchev–Trinajstić information content (AvgIpc) is 2.96. The Balaban J connectivity index is 1.85. The van der Waals surface area contributed by atoms with E-state index >= 15 is 0 Å². The Bertz CT molecular complexity index is 929. The summed E-state index contributed by atoms with van der Waals surface area (Å²) in [5, 5.41) is 3.90. The fraction of sp³-hybridized carbons (Fsp3) is 0.375. The van der Waals surface area contributed by atoms with Crippen LogP contribution < -0.4 is 9.46 Å². The first-order valence-corrected chi connectivity index (χ1v) is 8.95. The number of ether oxygens (including phenoxy) is 1. The van der Waals surface area contributed by atoms with Crippen LogP contribution >= 0.6 is 0 Å². The van der Waals surface area contributed by atoms with Gasteiger partial charge in [0.25, 0.3) is 15.9 Å². The van der Waals surface area contributed by atoms with Crippen LogP contribution in [0.5, 0.6) is 5.75 Å². The summed E-state index contributed by atoms with van der Waals surface area (Å²) in [6.07, 6.45) is 1.89. The maximum atomic E-state index is 12.4. The van der Waals surface area contributed by atoms with Crippen molar-refractivity contribution in [2.75, 3.05) is 0 Å². The lowest BCUT2D eigenvalue weighted by molar-refractivity contribution is 0.0981. The van der Waals surface area contributed by atoms with Gasteiger partial charge in [0.1, 0.15) is 16.2 Å². The lowest BCUT2D eigenvalue weighted by Gasteiger charge is -2.16. The van der Waals surface area contributed by atoms with E-state index in [1.165, 1.54) is 10.9 Å². The first kappa shape index (κ1) is 16.5. The topological polar surface area (TPSA) is 90.3 Å². The summed E-state index contributed by atoms with van der Waals surface area (Å²) in [5.74, 6) is 0.0493. The summed E-state index contributed by atoms with van der Waals surface area (Å²) in [6.45, 7) is 5.55. The van der Waals surface area contributed by atoms with Gasteiger partial charge >= 0.3 is 0 Å². The minimum Gasteiger partial charge on any atom is -0.487 e. The van der Waals surface area contributed by atoms with Crippen molar-refractivity contribution in [1.29, 1.82) is 0 Å². The highest BCUT2D eigenvalue weighted by atomic mass is 32.2. The molecule has 0 fully saturated rings. The molecule has 128 valence electrons. The van der Waals surface area contributed by atoms with Gasteiger partial charge < -0.3 is 4.74 Å². The van der Waals surface area contributed by atoms with Gasteiger partial charge in [0.15, 0.2) is 0 Å². The van der Waals surface area contributed by atoms with E-state index in [1.807, 2.05) is 13.8 Å². The Morgan fingerprint density at radius 2 is 2.08 bits per heavy atom. The smallest absolute Gasteiger partial charge is 0.267 e. The Morgan fingerprint density at radius 1 is 1.38 bits per heavy atom. The zero-order valence-corrected chi connectivity index (χ0v) is 14.8. The van der Waals surface area contributed by atoms with Crippen LogP contribution in [0.4, 0.5) is 0 Å². The molecule has 0 bridgehead atoms. The quantitative estimate of drug-likeness (QED) is 0.908. The number of aryl methyl sites for hydroxylation is 1. The standard InChI is InChI=1S/C16H19N3O4S/c1-10-14(9-17-19(10)4)24(21,22)18-15(20)11-5-6-13-12(7-11)8-16(2,3)23-13/h5-7,9H,8H2,1-4H3,(H,18,20). The molecule has 3 rings (SSSR count). The van der Waals surface area contributed by atoms with Gasteiger partial charge in [0, 0.05) is 19.0 Å². The molecule has 1 amide bonds. The number of rotatable bonds is 3. The number of sulfonamides is 1. The molecular weight excluding hydrogens is 330 g/mol. The normalized spacial score (nSPS) is 15.7. The number of carbonyl (C=O) groups is 1. The molecule has 0 unspecified atom stereocenters. The number of carbonyl (C=O) groups excluding carboxylic acids is 1. The minimum atomic E-state index is -3.97. The molecule has 24 heavy (non-hydrogen) atoms. The molecule has 0 radical (unpaired) electrons. The van der Waals surface area contributed by atoms with Crippen molar-refractivity contribution in [1.82, 2.24) is 14.5 Å². The first-order valence-electron chi connectivity index (χ1n) is 7.47. The first-order chi connectivity index (χ1) is 11.1. The largest absolute Gasteiger partial charge is 0.487 e. The molecule has 1 N–H and O–H groups in total. The van der Waals surface area contributed by atoms with Gasteiger partial charge in [-0.25, -0.2) is 13.1 Å². The number of nitrogens with one attached hydrogen (secondary N) is 1. The number of nitrogens with zero attached hydrogens (tertiary/aromatic N) is 2. The van der Waals surface area contributed by atoms with E-state index in [-0.39, 0.29) is 16.1 Å². The Kier molecular flexibility index (Phi) is 3.67. The van der Waals surface area contributed by atoms with Crippen LogP contribution in [0.25, 0.3) is 0 Å². The highest BCUT2D eigenvalue weighted by molar-refractivity contribution is 7.90. The minimum absolute atomic E-state index is 0.0102. The third-order valence-corrected chi connectivity index (χ3v) is 5.47. The third kappa shape index (κ3) is 2.89. The van der Waals surface area contributed by atoms with Crippen LogP contribution in [0, 0.1) is 6.92 Å². The molecule has 7 nitrogen and oxygen atoms in total. The maximum Gasteiger partial charge on any atom is 0.267 e. The third-order valence-electron chi connectivity index (χ3n) is 4.03. The highest BCUT2D eigenvalue weighted by Crippen LogP contribution is 2.35. The number of fused-ring (bicyclic) bond motifs is 1. The van der Waals surface area contributed by atoms with Crippen molar-refractivity contribution >= 4 is 15.9 Å². The summed E-state index contributed by atoms with van der Waals surface area (Å²) in [6, 6.07) is 4.92. The van der Waals surface area contributed by atoms with Crippen molar-refractivity contribution in [3.63, 3.8) is 0 Å². The zero-order valence-electron chi connectivity index (χ0n) is 14.0. The van der Waals surface area contributed by atoms with Gasteiger partial charge in [0.05, 0.1) is 11.9 Å². The van der Waals surface area contributed by atoms with E-state index in [2.05, 4.69) is 9.82 Å². The van der Waals surface area contributed by atoms with Crippen molar-refractivity contribution in [2.24, 2.45) is 7.05 Å². The number of benzene rings is 1. The number of hydrogen-bond donors (Lipinski definition) is 1. The molecule has 0 aliphatic carbocycles. The summed E-state index contributed by atoms with van der Waals surface area (Å²) >= 11 is 0. The SMILES string of the molecule is Cc1c(S(=O)(=O)NC(=O)c2ccc3c(c2)CC(C)(C)O3)cnn1C. The lowest BCUT2D eigenvalue weighted by atomic mass is 10.0. The van der Waals surface area contributed by atoms with E-state index in [1.54, 1.807) is 32.2 Å². The predicted octanol–water partition coefficient (Wildman–Crippen LogP) is 1.56. The monoisotopic (exact) mass is 349 g/mol. The van der Waals surface area contributed by atoms with E-state index in [9.17, 15) is 13.2 Å². The molecule has 1 aliphatic rings. The van der Waals surface area contributed by atoms with Crippen LogP contribution in [0.3, 0.4) is 0 Å². The summed E-state index contributed by atoms with van der Waals surface area (Å²) in [7, 11) is -2.33. The van der Waals surface area contributed by atoms with E-state index in [4.69, 9.17) is 4.74 Å². The second kappa shape index (κ2) is 5.34. The van der Waals surface area contributed by atoms with Crippen molar-refractivity contribution in [2.45, 2.75) is 37.7 Å². The Hall–Kier alpha value is -2.35. The molecule has 1 aromatic heterocycles. The van der Waals surface area contributed by atoms with Crippen molar-refractivity contribution in [3.8, 4) is 5.75 Å². The Labute approximate surface area is 140 Å². The zero-order chi connectivity index (χ0) is 17.7. The molecule has 0 spiro atoms. The molecular formula is C16H19N3O4S. The van der Waals surface area contributed by atoms with Gasteiger partial charge in [-0.15, -0.1) is 0 Å². The van der Waals surface area contributed by atoms with E-state index < -0.39 is 15.9 Å². The molecule has 2 aromatic rings. The fourth-order valence-electron chi connectivity index (χ4n) is 2.73. The van der Waals surface area contributed by atoms with Crippen LogP contribution in [0.15, 0.2) is 29.3 Å². The molecule has 0 saturated carbocycles. The van der Waals surface area contributed by atoms with E-state index in [0.717, 1.165) is 11.3 Å². The van der Waals surface area contributed by atoms with Gasteiger partial charge in [0.2, 0.25) is 0 Å². The van der Waals surface area contributed by atoms with E-state index in [0.29, 0.717) is 12.1 Å². The van der Waals surface area contributed by atoms with Crippen molar-refractivity contribution < 1.29 is 17.9 Å². The predicted molar refractivity (Wildman–Crippen MR) is 87.5 cm³/mol. The number of amides is 1. The molecule has 0 saturated heterocycles. The highest BCUT2D eigenvalue weighted by Gasteiger charge is 2.31. The second-order valence-electron chi connectivity index (χ2n) is 6.51. The van der Waals surface area contributed by atoms with Gasteiger partial charge in [-0.3, -0.25) is 9.48 Å². The Morgan fingerprint density at radius 3 is 2.71 bits per heavy atom. The van der Waals surface area contributed by atoms with Crippen molar-refractivity contribution in [3.05, 3.63) is 41.2 Å². The molecule has 1 aromatic carbocycles. The summed E-state index contributed by atoms with van der Waals surface area (Å²) in [4.78, 5) is 12.3. The van der Waals surface area contributed by atoms with Crippen LogP contribution in [0.1, 0.15) is 35.5 Å². The maximum absolute atomic E-state index is 12.4. The molecule has 2 heterocycles. The van der Waals surface area contributed by atoms with Gasteiger partial charge in [-0.05, 0) is 44.5 Å². The molecule has 0 atom stereocenters. The van der Waals surface area contributed by atoms with Crippen LogP contribution in [0.2, 0.25) is 0 Å². The summed E-state index contributed by atoms with van der Waals surface area (Å²) in [5.41, 5.74) is 1.30. The van der Waals surface area contributed by atoms with Crippen LogP contribution in [-0.2, 0) is 23.5 Å². The van der Waals surface area contributed by atoms with Gasteiger partial charge in [-0.2, -0.15) is 5.10 Å². The van der Waals surface area contributed by atoms with Gasteiger partial charge in [-0.1, -0.05) is 0 Å². The number of aromatic nitrogens is 2. The second-order valence-corrected chi connectivity index (χ2v) is 8.16. The fourth-order valence-corrected chi connectivity index (χ4v) is 3.91. The average molecular weight is 349 g/mol. The molecule has 8 heteroatoms. The lowest BCUT2D eigenvalue weighted by Crippen LogP contribution is -2.31. The van der Waals surface area contributed by atoms with Crippen LogP contribution in [-0.4, -0.2) is 29.7 Å². The summed E-state index contributed by atoms with van der Waals surface area (Å²) < 4.78 is 34.0. The molecule has 1 aliphatic heterocycles. The number of hydrogen-bond acceptors (Lipinski definition) is 5.